The van der Waals surface area contributed by atoms with Crippen LogP contribution in [0.2, 0.25) is 0 Å². The molecule has 0 aromatic carbocycles. The largest absolute Gasteiger partial charge is 0.354 e. The molecule has 0 atom stereocenters. The number of hydrogen-bond acceptors (Lipinski definition) is 4. The molecular formula is C13H16N6O. The molecular weight excluding hydrogens is 256 g/mol. The molecule has 20 heavy (non-hydrogen) atoms. The molecule has 2 aromatic rings. The first kappa shape index (κ1) is 11.6. The van der Waals surface area contributed by atoms with Crippen LogP contribution in [0.1, 0.15) is 40.9 Å². The fourth-order valence-electron chi connectivity index (χ4n) is 3.23. The summed E-state index contributed by atoms with van der Waals surface area (Å²) in [5, 5.41) is 14.1. The number of likely N-dealkylation sites (tertiary alicyclic amines) is 1. The third-order valence-electron chi connectivity index (χ3n) is 4.35. The van der Waals surface area contributed by atoms with Crippen molar-refractivity contribution in [2.24, 2.45) is 0 Å². The van der Waals surface area contributed by atoms with Gasteiger partial charge in [0.1, 0.15) is 5.69 Å². The lowest BCUT2D eigenvalue weighted by molar-refractivity contribution is 0.0407. The number of nitrogens with one attached hydrogen (secondary N) is 2. The highest BCUT2D eigenvalue weighted by Gasteiger charge is 2.46. The van der Waals surface area contributed by atoms with Crippen molar-refractivity contribution < 1.29 is 4.79 Å². The van der Waals surface area contributed by atoms with Crippen LogP contribution >= 0.6 is 0 Å². The van der Waals surface area contributed by atoms with Gasteiger partial charge in [0.25, 0.3) is 5.91 Å². The highest BCUT2D eigenvalue weighted by atomic mass is 16.2. The number of aromatic nitrogens is 5. The summed E-state index contributed by atoms with van der Waals surface area (Å²) in [7, 11) is 0. The Balaban J connectivity index is 1.49. The van der Waals surface area contributed by atoms with Crippen LogP contribution in [-0.2, 0) is 18.3 Å². The van der Waals surface area contributed by atoms with E-state index in [0.717, 1.165) is 12.8 Å². The molecule has 1 aliphatic carbocycles. The Bertz CT molecular complexity index is 631. The Morgan fingerprint density at radius 1 is 1.40 bits per heavy atom. The van der Waals surface area contributed by atoms with Gasteiger partial charge in [-0.1, -0.05) is 5.21 Å². The topological polar surface area (TPSA) is 90.6 Å². The van der Waals surface area contributed by atoms with E-state index in [1.807, 2.05) is 11.0 Å². The second kappa shape index (κ2) is 3.91. The zero-order chi connectivity index (χ0) is 13.7. The maximum absolute atomic E-state index is 12.4. The first-order valence-electron chi connectivity index (χ1n) is 6.90. The van der Waals surface area contributed by atoms with E-state index in [4.69, 9.17) is 0 Å². The second-order valence-electron chi connectivity index (χ2n) is 6.00. The van der Waals surface area contributed by atoms with E-state index in [1.165, 1.54) is 17.7 Å². The van der Waals surface area contributed by atoms with E-state index in [0.29, 0.717) is 24.6 Å². The molecule has 2 aliphatic rings. The number of fused-ring (bicyclic) bond motifs is 1. The number of hydrogen-bond donors (Lipinski definition) is 2. The molecule has 4 rings (SSSR count). The predicted octanol–water partition coefficient (Wildman–Crippen LogP) is 0.430. The summed E-state index contributed by atoms with van der Waals surface area (Å²) in [5.74, 6) is 0.746. The van der Waals surface area contributed by atoms with Gasteiger partial charge >= 0.3 is 0 Å². The van der Waals surface area contributed by atoms with Crippen molar-refractivity contribution in [3.8, 4) is 0 Å². The summed E-state index contributed by atoms with van der Waals surface area (Å²) >= 11 is 0. The minimum atomic E-state index is -0.183. The fraction of sp³-hybridized carbons (Fsp3) is 0.538. The van der Waals surface area contributed by atoms with E-state index in [9.17, 15) is 4.79 Å². The van der Waals surface area contributed by atoms with Gasteiger partial charge in [-0.3, -0.25) is 4.79 Å². The third kappa shape index (κ3) is 1.59. The second-order valence-corrected chi connectivity index (χ2v) is 6.00. The molecule has 1 fully saturated rings. The van der Waals surface area contributed by atoms with Crippen molar-refractivity contribution in [3.05, 3.63) is 28.8 Å². The Kier molecular flexibility index (Phi) is 2.27. The van der Waals surface area contributed by atoms with Crippen molar-refractivity contribution in [1.29, 1.82) is 0 Å². The number of rotatable bonds is 2. The van der Waals surface area contributed by atoms with Gasteiger partial charge in [0.05, 0.1) is 5.41 Å². The highest BCUT2D eigenvalue weighted by molar-refractivity contribution is 5.93. The van der Waals surface area contributed by atoms with Crippen molar-refractivity contribution in [2.45, 2.75) is 31.6 Å². The van der Waals surface area contributed by atoms with Gasteiger partial charge in [-0.15, -0.1) is 10.2 Å². The Morgan fingerprint density at radius 3 is 2.95 bits per heavy atom. The van der Waals surface area contributed by atoms with Crippen LogP contribution in [0.4, 0.5) is 0 Å². The molecule has 104 valence electrons. The van der Waals surface area contributed by atoms with Gasteiger partial charge in [0, 0.05) is 18.8 Å². The SMILES string of the molecule is CC1(c2nn[nH]n2)CN(C(=O)c2cc3c([nH]2)CCC3)C1. The molecule has 7 heteroatoms. The molecule has 0 saturated carbocycles. The van der Waals surface area contributed by atoms with Gasteiger partial charge in [-0.05, 0) is 37.8 Å². The number of aromatic amines is 2. The Labute approximate surface area is 115 Å². The first-order valence-corrected chi connectivity index (χ1v) is 6.90. The monoisotopic (exact) mass is 272 g/mol. The number of carbonyl (C=O) groups excluding carboxylic acids is 1. The third-order valence-corrected chi connectivity index (χ3v) is 4.35. The molecule has 3 heterocycles. The molecule has 0 radical (unpaired) electrons. The zero-order valence-electron chi connectivity index (χ0n) is 11.3. The lowest BCUT2D eigenvalue weighted by atomic mass is 9.81. The summed E-state index contributed by atoms with van der Waals surface area (Å²) in [6.07, 6.45) is 3.33. The Morgan fingerprint density at radius 2 is 2.25 bits per heavy atom. The zero-order valence-corrected chi connectivity index (χ0v) is 11.3. The molecule has 0 unspecified atom stereocenters. The van der Waals surface area contributed by atoms with Crippen LogP contribution < -0.4 is 0 Å². The van der Waals surface area contributed by atoms with Crippen molar-refractivity contribution in [3.63, 3.8) is 0 Å². The van der Waals surface area contributed by atoms with E-state index in [1.54, 1.807) is 0 Å². The summed E-state index contributed by atoms with van der Waals surface area (Å²) < 4.78 is 0. The summed E-state index contributed by atoms with van der Waals surface area (Å²) in [6, 6.07) is 2.01. The fourth-order valence-corrected chi connectivity index (χ4v) is 3.23. The maximum Gasteiger partial charge on any atom is 0.270 e. The van der Waals surface area contributed by atoms with Crippen LogP contribution in [0.25, 0.3) is 0 Å². The van der Waals surface area contributed by atoms with Gasteiger partial charge in [-0.25, -0.2) is 0 Å². The Hall–Kier alpha value is -2.18. The minimum absolute atomic E-state index is 0.0698. The smallest absolute Gasteiger partial charge is 0.270 e. The van der Waals surface area contributed by atoms with Crippen LogP contribution in [0.15, 0.2) is 6.07 Å². The van der Waals surface area contributed by atoms with E-state index in [-0.39, 0.29) is 11.3 Å². The van der Waals surface area contributed by atoms with Crippen LogP contribution in [0.5, 0.6) is 0 Å². The average molecular weight is 272 g/mol. The lowest BCUT2D eigenvalue weighted by Crippen LogP contribution is -2.60. The van der Waals surface area contributed by atoms with E-state index < -0.39 is 0 Å². The van der Waals surface area contributed by atoms with Gasteiger partial charge in [0.15, 0.2) is 5.82 Å². The van der Waals surface area contributed by atoms with Crippen LogP contribution in [-0.4, -0.2) is 49.5 Å². The van der Waals surface area contributed by atoms with Crippen molar-refractivity contribution >= 4 is 5.91 Å². The maximum atomic E-state index is 12.4. The van der Waals surface area contributed by atoms with Crippen molar-refractivity contribution in [1.82, 2.24) is 30.5 Å². The number of amides is 1. The number of aryl methyl sites for hydroxylation is 2. The number of tetrazole rings is 1. The molecule has 1 saturated heterocycles. The van der Waals surface area contributed by atoms with Gasteiger partial charge < -0.3 is 9.88 Å². The summed E-state index contributed by atoms with van der Waals surface area (Å²) in [5.41, 5.74) is 3.06. The predicted molar refractivity (Wildman–Crippen MR) is 70.3 cm³/mol. The quantitative estimate of drug-likeness (QED) is 0.829. The normalized spacial score (nSPS) is 19.8. The molecule has 2 aromatic heterocycles. The van der Waals surface area contributed by atoms with E-state index >= 15 is 0 Å². The lowest BCUT2D eigenvalue weighted by Gasteiger charge is -2.45. The summed E-state index contributed by atoms with van der Waals surface area (Å²) in [6.45, 7) is 3.32. The number of nitrogens with zero attached hydrogens (tertiary/aromatic N) is 4. The number of carbonyl (C=O) groups is 1. The highest BCUT2D eigenvalue weighted by Crippen LogP contribution is 2.33. The van der Waals surface area contributed by atoms with Crippen LogP contribution in [0, 0.1) is 0 Å². The standard InChI is InChI=1S/C13H16N6O/c1-13(12-15-17-18-16-12)6-19(7-13)11(20)10-5-8-3-2-4-9(8)14-10/h5,14H,2-4,6-7H2,1H3,(H,15,16,17,18). The minimum Gasteiger partial charge on any atom is -0.354 e. The van der Waals surface area contributed by atoms with Gasteiger partial charge in [0.2, 0.25) is 0 Å². The first-order chi connectivity index (χ1) is 9.66. The van der Waals surface area contributed by atoms with E-state index in [2.05, 4.69) is 32.5 Å². The molecule has 0 spiro atoms. The average Bonchev–Trinajstić information content (AvgIpc) is 3.08. The molecule has 7 nitrogen and oxygen atoms in total. The molecule has 1 aliphatic heterocycles. The number of H-pyrrole nitrogens is 2. The van der Waals surface area contributed by atoms with Crippen LogP contribution in [0.3, 0.4) is 0 Å². The molecule has 1 amide bonds. The molecule has 0 bridgehead atoms. The summed E-state index contributed by atoms with van der Waals surface area (Å²) in [4.78, 5) is 17.5. The van der Waals surface area contributed by atoms with Gasteiger partial charge in [-0.2, -0.15) is 5.21 Å². The molecule has 2 N–H and O–H groups in total. The van der Waals surface area contributed by atoms with Crippen molar-refractivity contribution in [2.75, 3.05) is 13.1 Å².